The predicted molar refractivity (Wildman–Crippen MR) is 85.6 cm³/mol. The molecule has 114 valence electrons. The van der Waals surface area contributed by atoms with Crippen molar-refractivity contribution in [2.75, 3.05) is 6.61 Å². The molecule has 0 aliphatic heterocycles. The molecule has 0 aliphatic rings. The van der Waals surface area contributed by atoms with Crippen molar-refractivity contribution < 1.29 is 9.13 Å². The highest BCUT2D eigenvalue weighted by molar-refractivity contribution is 6.30. The molecule has 0 bridgehead atoms. The first-order chi connectivity index (χ1) is 10.7. The van der Waals surface area contributed by atoms with Gasteiger partial charge >= 0.3 is 6.01 Å². The highest BCUT2D eigenvalue weighted by Gasteiger charge is 2.06. The molecule has 0 radical (unpaired) electrons. The monoisotopic (exact) mass is 319 g/mol. The summed E-state index contributed by atoms with van der Waals surface area (Å²) in [5.41, 5.74) is 1.08. The molecular weight excluding hydrogens is 305 g/mol. The van der Waals surface area contributed by atoms with E-state index < -0.39 is 5.82 Å². The van der Waals surface area contributed by atoms with Crippen molar-refractivity contribution in [3.63, 3.8) is 0 Å². The van der Waals surface area contributed by atoms with Gasteiger partial charge in [0.25, 0.3) is 0 Å². The zero-order chi connectivity index (χ0) is 15.8. The first-order valence-electron chi connectivity index (χ1n) is 6.72. The van der Waals surface area contributed by atoms with Gasteiger partial charge in [0.05, 0.1) is 12.8 Å². The van der Waals surface area contributed by atoms with Crippen LogP contribution in [0.1, 0.15) is 12.0 Å². The lowest BCUT2D eigenvalue weighted by Crippen LogP contribution is -2.04. The standard InChI is InChI=1S/C16H15ClFN3O/c1-2-3-9-19-15-14(18)11-20-16(21-15)22-10-8-12-4-6-13(17)7-5-12/h2,4-7,9,11H,1,3,8,10H2. The Balaban J connectivity index is 1.93. The number of allylic oxidation sites excluding steroid dienone is 1. The van der Waals surface area contributed by atoms with E-state index in [1.807, 2.05) is 24.3 Å². The summed E-state index contributed by atoms with van der Waals surface area (Å²) in [5, 5.41) is 0.688. The predicted octanol–water partition coefficient (Wildman–Crippen LogP) is 4.17. The molecule has 0 N–H and O–H groups in total. The van der Waals surface area contributed by atoms with Gasteiger partial charge in [-0.3, -0.25) is 0 Å². The minimum absolute atomic E-state index is 0.0432. The normalized spacial score (nSPS) is 10.8. The second-order valence-corrected chi connectivity index (χ2v) is 4.82. The van der Waals surface area contributed by atoms with Crippen molar-refractivity contribution in [1.82, 2.24) is 9.97 Å². The van der Waals surface area contributed by atoms with Gasteiger partial charge in [-0.25, -0.2) is 14.4 Å². The van der Waals surface area contributed by atoms with Crippen molar-refractivity contribution in [3.05, 3.63) is 59.5 Å². The van der Waals surface area contributed by atoms with E-state index in [4.69, 9.17) is 16.3 Å². The van der Waals surface area contributed by atoms with Crippen LogP contribution < -0.4 is 4.74 Å². The number of aliphatic imine (C=N–C) groups is 1. The Morgan fingerprint density at radius 2 is 2.09 bits per heavy atom. The molecule has 2 aromatic rings. The van der Waals surface area contributed by atoms with Crippen LogP contribution in [0.4, 0.5) is 10.2 Å². The quantitative estimate of drug-likeness (QED) is 0.568. The Morgan fingerprint density at radius 1 is 1.32 bits per heavy atom. The number of halogens is 2. The number of ether oxygens (including phenoxy) is 1. The summed E-state index contributed by atoms with van der Waals surface area (Å²) >= 11 is 5.82. The SMILES string of the molecule is C=CCC=Nc1nc(OCCc2ccc(Cl)cc2)ncc1F. The minimum Gasteiger partial charge on any atom is -0.463 e. The van der Waals surface area contributed by atoms with Gasteiger partial charge in [0, 0.05) is 24.1 Å². The number of hydrogen-bond donors (Lipinski definition) is 0. The fraction of sp³-hybridized carbons (Fsp3) is 0.188. The summed E-state index contributed by atoms with van der Waals surface area (Å²) in [6, 6.07) is 7.57. The number of rotatable bonds is 7. The van der Waals surface area contributed by atoms with Crippen LogP contribution in [-0.4, -0.2) is 22.8 Å². The average molecular weight is 320 g/mol. The summed E-state index contributed by atoms with van der Waals surface area (Å²) in [7, 11) is 0. The van der Waals surface area contributed by atoms with Crippen LogP contribution in [0, 0.1) is 5.82 Å². The molecule has 6 heteroatoms. The third kappa shape index (κ3) is 4.93. The molecule has 0 atom stereocenters. The van der Waals surface area contributed by atoms with Gasteiger partial charge in [-0.2, -0.15) is 4.98 Å². The molecule has 4 nitrogen and oxygen atoms in total. The molecule has 0 unspecified atom stereocenters. The van der Waals surface area contributed by atoms with Crippen LogP contribution in [0.2, 0.25) is 5.02 Å². The van der Waals surface area contributed by atoms with Gasteiger partial charge < -0.3 is 4.74 Å². The third-order valence-corrected chi connectivity index (χ3v) is 2.98. The topological polar surface area (TPSA) is 47.4 Å². The summed E-state index contributed by atoms with van der Waals surface area (Å²) in [6.45, 7) is 3.93. The molecule has 0 saturated carbocycles. The number of hydrogen-bond acceptors (Lipinski definition) is 4. The summed E-state index contributed by atoms with van der Waals surface area (Å²) in [6.07, 6.45) is 5.44. The summed E-state index contributed by atoms with van der Waals surface area (Å²) < 4.78 is 18.9. The van der Waals surface area contributed by atoms with Gasteiger partial charge in [0.2, 0.25) is 0 Å². The van der Waals surface area contributed by atoms with E-state index in [0.717, 1.165) is 11.8 Å². The van der Waals surface area contributed by atoms with Crippen LogP contribution in [-0.2, 0) is 6.42 Å². The fourth-order valence-corrected chi connectivity index (χ4v) is 1.75. The van der Waals surface area contributed by atoms with Crippen LogP contribution in [0.25, 0.3) is 0 Å². The van der Waals surface area contributed by atoms with Gasteiger partial charge in [-0.15, -0.1) is 6.58 Å². The van der Waals surface area contributed by atoms with Gasteiger partial charge in [0.1, 0.15) is 0 Å². The largest absolute Gasteiger partial charge is 0.463 e. The Morgan fingerprint density at radius 3 is 2.82 bits per heavy atom. The maximum atomic E-state index is 13.5. The van der Waals surface area contributed by atoms with E-state index in [9.17, 15) is 4.39 Å². The number of benzene rings is 1. The molecule has 1 aromatic carbocycles. The maximum Gasteiger partial charge on any atom is 0.318 e. The number of nitrogens with zero attached hydrogens (tertiary/aromatic N) is 3. The first kappa shape index (κ1) is 16.1. The van der Waals surface area contributed by atoms with E-state index in [1.165, 1.54) is 6.21 Å². The Labute approximate surface area is 133 Å². The third-order valence-electron chi connectivity index (χ3n) is 2.72. The molecule has 0 spiro atoms. The molecular formula is C16H15ClFN3O. The number of aromatic nitrogens is 2. The summed E-state index contributed by atoms with van der Waals surface area (Å²) in [5.74, 6) is -0.635. The van der Waals surface area contributed by atoms with E-state index in [0.29, 0.717) is 24.5 Å². The second-order valence-electron chi connectivity index (χ2n) is 4.39. The van der Waals surface area contributed by atoms with Gasteiger partial charge in [-0.1, -0.05) is 29.8 Å². The molecule has 1 aromatic heterocycles. The molecule has 1 heterocycles. The van der Waals surface area contributed by atoms with Crippen LogP contribution in [0.3, 0.4) is 0 Å². The molecule has 0 fully saturated rings. The van der Waals surface area contributed by atoms with E-state index >= 15 is 0 Å². The lowest BCUT2D eigenvalue weighted by molar-refractivity contribution is 0.295. The molecule has 0 aliphatic carbocycles. The lowest BCUT2D eigenvalue weighted by atomic mass is 10.2. The molecule has 22 heavy (non-hydrogen) atoms. The van der Waals surface area contributed by atoms with E-state index in [1.54, 1.807) is 6.08 Å². The van der Waals surface area contributed by atoms with Gasteiger partial charge in [-0.05, 0) is 17.7 Å². The molecule has 2 rings (SSSR count). The van der Waals surface area contributed by atoms with Crippen molar-refractivity contribution in [3.8, 4) is 6.01 Å². The smallest absolute Gasteiger partial charge is 0.318 e. The Kier molecular flexibility index (Phi) is 6.03. The zero-order valence-electron chi connectivity index (χ0n) is 11.9. The van der Waals surface area contributed by atoms with Crippen molar-refractivity contribution >= 4 is 23.6 Å². The van der Waals surface area contributed by atoms with Crippen LogP contribution >= 0.6 is 11.6 Å². The Hall–Kier alpha value is -2.27. The lowest BCUT2D eigenvalue weighted by Gasteiger charge is -2.05. The Bertz CT molecular complexity index is 659. The van der Waals surface area contributed by atoms with Crippen LogP contribution in [0.15, 0.2) is 48.1 Å². The highest BCUT2D eigenvalue weighted by Crippen LogP contribution is 2.16. The molecule has 0 amide bonds. The van der Waals surface area contributed by atoms with Crippen LogP contribution in [0.5, 0.6) is 6.01 Å². The fourth-order valence-electron chi connectivity index (χ4n) is 1.63. The van der Waals surface area contributed by atoms with Gasteiger partial charge in [0.15, 0.2) is 11.6 Å². The second kappa shape index (κ2) is 8.24. The highest BCUT2D eigenvalue weighted by atomic mass is 35.5. The van der Waals surface area contributed by atoms with E-state index in [2.05, 4.69) is 21.5 Å². The average Bonchev–Trinajstić information content (AvgIpc) is 2.52. The first-order valence-corrected chi connectivity index (χ1v) is 7.10. The van der Waals surface area contributed by atoms with E-state index in [-0.39, 0.29) is 11.8 Å². The molecule has 0 saturated heterocycles. The van der Waals surface area contributed by atoms with Crippen molar-refractivity contribution in [2.45, 2.75) is 12.8 Å². The maximum absolute atomic E-state index is 13.5. The van der Waals surface area contributed by atoms with Crippen molar-refractivity contribution in [2.24, 2.45) is 4.99 Å². The minimum atomic E-state index is -0.592. The zero-order valence-corrected chi connectivity index (χ0v) is 12.6. The van der Waals surface area contributed by atoms with Crippen molar-refractivity contribution in [1.29, 1.82) is 0 Å². The summed E-state index contributed by atoms with van der Waals surface area (Å²) in [4.78, 5) is 11.6.